The standard InChI is InChI=1S/C17H29N5O/c1-20(8-3-9-21-12-14-23-15-13-21)16-4-2-5-17(19-16)22-10-6-18-7-11-22/h2,4-5,18H,3,6-15H2,1H3. The summed E-state index contributed by atoms with van der Waals surface area (Å²) in [5, 5.41) is 3.39. The van der Waals surface area contributed by atoms with Gasteiger partial charge in [0, 0.05) is 59.4 Å². The van der Waals surface area contributed by atoms with Gasteiger partial charge in [-0.3, -0.25) is 4.90 Å². The van der Waals surface area contributed by atoms with E-state index in [1.165, 1.54) is 0 Å². The number of piperazine rings is 1. The summed E-state index contributed by atoms with van der Waals surface area (Å²) in [5.74, 6) is 2.17. The average molecular weight is 319 g/mol. The quantitative estimate of drug-likeness (QED) is 0.831. The maximum atomic E-state index is 5.40. The lowest BCUT2D eigenvalue weighted by molar-refractivity contribution is 0.0377. The van der Waals surface area contributed by atoms with Crippen LogP contribution in [0.5, 0.6) is 0 Å². The molecule has 23 heavy (non-hydrogen) atoms. The summed E-state index contributed by atoms with van der Waals surface area (Å²) >= 11 is 0. The molecule has 2 saturated heterocycles. The highest BCUT2D eigenvalue weighted by molar-refractivity contribution is 5.48. The predicted octanol–water partition coefficient (Wildman–Crippen LogP) is 0.650. The van der Waals surface area contributed by atoms with Crippen molar-refractivity contribution in [1.82, 2.24) is 15.2 Å². The third-order valence-corrected chi connectivity index (χ3v) is 4.62. The Balaban J connectivity index is 1.49. The highest BCUT2D eigenvalue weighted by Crippen LogP contribution is 2.17. The van der Waals surface area contributed by atoms with Crippen LogP contribution in [0, 0.1) is 0 Å². The summed E-state index contributed by atoms with van der Waals surface area (Å²) < 4.78 is 5.40. The van der Waals surface area contributed by atoms with E-state index in [9.17, 15) is 0 Å². The highest BCUT2D eigenvalue weighted by Gasteiger charge is 2.13. The number of ether oxygens (including phenoxy) is 1. The molecule has 6 nitrogen and oxygen atoms in total. The molecular formula is C17H29N5O. The fourth-order valence-corrected chi connectivity index (χ4v) is 3.17. The lowest BCUT2D eigenvalue weighted by Crippen LogP contribution is -2.44. The molecule has 1 aromatic rings. The predicted molar refractivity (Wildman–Crippen MR) is 94.5 cm³/mol. The van der Waals surface area contributed by atoms with Crippen LogP contribution in [-0.4, -0.2) is 82.5 Å². The fraction of sp³-hybridized carbons (Fsp3) is 0.706. The molecule has 0 unspecified atom stereocenters. The van der Waals surface area contributed by atoms with Gasteiger partial charge in [-0.15, -0.1) is 0 Å². The zero-order valence-corrected chi connectivity index (χ0v) is 14.2. The number of nitrogens with zero attached hydrogens (tertiary/aromatic N) is 4. The number of hydrogen-bond donors (Lipinski definition) is 1. The second kappa shape index (κ2) is 8.47. The Morgan fingerprint density at radius 2 is 1.96 bits per heavy atom. The van der Waals surface area contributed by atoms with Crippen LogP contribution in [0.25, 0.3) is 0 Å². The first kappa shape index (κ1) is 16.5. The molecule has 1 N–H and O–H groups in total. The van der Waals surface area contributed by atoms with Gasteiger partial charge in [0.1, 0.15) is 11.6 Å². The van der Waals surface area contributed by atoms with E-state index in [0.717, 1.165) is 83.6 Å². The van der Waals surface area contributed by atoms with Gasteiger partial charge in [0.25, 0.3) is 0 Å². The van der Waals surface area contributed by atoms with Crippen molar-refractivity contribution >= 4 is 11.6 Å². The first-order valence-electron chi connectivity index (χ1n) is 8.77. The van der Waals surface area contributed by atoms with Crippen molar-refractivity contribution in [2.24, 2.45) is 0 Å². The molecule has 0 aliphatic carbocycles. The molecule has 0 radical (unpaired) electrons. The molecule has 2 aliphatic heterocycles. The van der Waals surface area contributed by atoms with Crippen molar-refractivity contribution < 1.29 is 4.74 Å². The van der Waals surface area contributed by atoms with Gasteiger partial charge in [0.15, 0.2) is 0 Å². The van der Waals surface area contributed by atoms with E-state index < -0.39 is 0 Å². The van der Waals surface area contributed by atoms with Gasteiger partial charge in [-0.25, -0.2) is 4.98 Å². The zero-order valence-electron chi connectivity index (χ0n) is 14.2. The molecular weight excluding hydrogens is 290 g/mol. The van der Waals surface area contributed by atoms with Gasteiger partial charge in [-0.1, -0.05) is 6.07 Å². The third kappa shape index (κ3) is 4.80. The molecule has 128 valence electrons. The Kier molecular flexibility index (Phi) is 6.07. The fourth-order valence-electron chi connectivity index (χ4n) is 3.17. The molecule has 1 aromatic heterocycles. The molecule has 6 heteroatoms. The number of hydrogen-bond acceptors (Lipinski definition) is 6. The molecule has 2 aliphatic rings. The van der Waals surface area contributed by atoms with Crippen molar-refractivity contribution in [3.05, 3.63) is 18.2 Å². The SMILES string of the molecule is CN(CCCN1CCOCC1)c1cccc(N2CCNCC2)n1. The molecule has 3 rings (SSSR count). The van der Waals surface area contributed by atoms with E-state index in [2.05, 4.69) is 45.3 Å². The first-order chi connectivity index (χ1) is 11.3. The molecule has 3 heterocycles. The maximum Gasteiger partial charge on any atom is 0.131 e. The maximum absolute atomic E-state index is 5.40. The second-order valence-electron chi connectivity index (χ2n) is 6.32. The first-order valence-corrected chi connectivity index (χ1v) is 8.77. The van der Waals surface area contributed by atoms with Crippen LogP contribution in [0.15, 0.2) is 18.2 Å². The Hall–Kier alpha value is -1.37. The molecule has 0 saturated carbocycles. The van der Waals surface area contributed by atoms with Gasteiger partial charge < -0.3 is 19.9 Å². The average Bonchev–Trinajstić information content (AvgIpc) is 2.63. The van der Waals surface area contributed by atoms with Gasteiger partial charge >= 0.3 is 0 Å². The largest absolute Gasteiger partial charge is 0.379 e. The van der Waals surface area contributed by atoms with Crippen LogP contribution in [-0.2, 0) is 4.74 Å². The number of anilines is 2. The van der Waals surface area contributed by atoms with Crippen LogP contribution < -0.4 is 15.1 Å². The number of morpholine rings is 1. The second-order valence-corrected chi connectivity index (χ2v) is 6.32. The summed E-state index contributed by atoms with van der Waals surface area (Å²) in [6.45, 7) is 10.2. The molecule has 0 spiro atoms. The number of aromatic nitrogens is 1. The van der Waals surface area contributed by atoms with E-state index in [4.69, 9.17) is 9.72 Å². The van der Waals surface area contributed by atoms with Gasteiger partial charge in [0.2, 0.25) is 0 Å². The van der Waals surface area contributed by atoms with Crippen LogP contribution in [0.2, 0.25) is 0 Å². The van der Waals surface area contributed by atoms with Crippen LogP contribution in [0.3, 0.4) is 0 Å². The summed E-state index contributed by atoms with van der Waals surface area (Å²) in [6.07, 6.45) is 1.16. The van der Waals surface area contributed by atoms with Gasteiger partial charge in [-0.05, 0) is 18.6 Å². The monoisotopic (exact) mass is 319 g/mol. The number of rotatable bonds is 6. The van der Waals surface area contributed by atoms with Crippen molar-refractivity contribution in [2.75, 3.05) is 82.4 Å². The van der Waals surface area contributed by atoms with E-state index in [0.29, 0.717) is 0 Å². The van der Waals surface area contributed by atoms with Crippen LogP contribution >= 0.6 is 0 Å². The van der Waals surface area contributed by atoms with Crippen molar-refractivity contribution in [2.45, 2.75) is 6.42 Å². The minimum absolute atomic E-state index is 0.879. The normalized spacial score (nSPS) is 19.8. The Morgan fingerprint density at radius 1 is 1.17 bits per heavy atom. The molecule has 0 amide bonds. The van der Waals surface area contributed by atoms with E-state index in [1.807, 2.05) is 0 Å². The summed E-state index contributed by atoms with van der Waals surface area (Å²) in [4.78, 5) is 12.0. The van der Waals surface area contributed by atoms with Crippen LogP contribution in [0.1, 0.15) is 6.42 Å². The molecule has 0 bridgehead atoms. The van der Waals surface area contributed by atoms with Crippen molar-refractivity contribution in [3.8, 4) is 0 Å². The number of pyridine rings is 1. The lowest BCUT2D eigenvalue weighted by atomic mass is 10.3. The molecule has 2 fully saturated rings. The summed E-state index contributed by atoms with van der Waals surface area (Å²) in [7, 11) is 2.14. The van der Waals surface area contributed by atoms with Gasteiger partial charge in [-0.2, -0.15) is 0 Å². The van der Waals surface area contributed by atoms with Crippen molar-refractivity contribution in [1.29, 1.82) is 0 Å². The minimum Gasteiger partial charge on any atom is -0.379 e. The Morgan fingerprint density at radius 3 is 2.74 bits per heavy atom. The Bertz CT molecular complexity index is 472. The zero-order chi connectivity index (χ0) is 15.9. The molecule has 0 atom stereocenters. The highest BCUT2D eigenvalue weighted by atomic mass is 16.5. The topological polar surface area (TPSA) is 43.9 Å². The van der Waals surface area contributed by atoms with Crippen molar-refractivity contribution in [3.63, 3.8) is 0 Å². The molecule has 0 aromatic carbocycles. The smallest absolute Gasteiger partial charge is 0.131 e. The number of nitrogens with one attached hydrogen (secondary N) is 1. The minimum atomic E-state index is 0.879. The van der Waals surface area contributed by atoms with E-state index in [-0.39, 0.29) is 0 Å². The van der Waals surface area contributed by atoms with Gasteiger partial charge in [0.05, 0.1) is 13.2 Å². The Labute approximate surface area is 139 Å². The lowest BCUT2D eigenvalue weighted by Gasteiger charge is -2.30. The third-order valence-electron chi connectivity index (χ3n) is 4.62. The van der Waals surface area contributed by atoms with Crippen LogP contribution in [0.4, 0.5) is 11.6 Å². The van der Waals surface area contributed by atoms with E-state index >= 15 is 0 Å². The summed E-state index contributed by atoms with van der Waals surface area (Å²) in [5.41, 5.74) is 0. The summed E-state index contributed by atoms with van der Waals surface area (Å²) in [6, 6.07) is 6.36. The van der Waals surface area contributed by atoms with E-state index in [1.54, 1.807) is 0 Å².